The predicted octanol–water partition coefficient (Wildman–Crippen LogP) is 0.435. The van der Waals surface area contributed by atoms with Gasteiger partial charge in [-0.15, -0.1) is 5.10 Å². The second-order valence-corrected chi connectivity index (χ2v) is 4.06. The van der Waals surface area contributed by atoms with E-state index in [1.54, 1.807) is 12.1 Å². The van der Waals surface area contributed by atoms with Crippen molar-refractivity contribution >= 4 is 23.6 Å². The fraction of sp³-hybridized carbons (Fsp3) is 0.0769. The number of carbonyl (C=O) groups is 2. The minimum Gasteiger partial charge on any atom is -0.324 e. The molecule has 1 heterocycles. The Balaban J connectivity index is 1.91. The summed E-state index contributed by atoms with van der Waals surface area (Å²) in [5.74, 6) is -0.916. The molecule has 0 aliphatic carbocycles. The third-order valence-electron chi connectivity index (χ3n) is 2.44. The van der Waals surface area contributed by atoms with Gasteiger partial charge in [-0.25, -0.2) is 10.2 Å². The fourth-order valence-electron chi connectivity index (χ4n) is 1.53. The molecule has 1 aromatic carbocycles. The molecule has 0 fully saturated rings. The van der Waals surface area contributed by atoms with Crippen LogP contribution in [0, 0.1) is 0 Å². The first-order chi connectivity index (χ1) is 10.2. The van der Waals surface area contributed by atoms with Crippen LogP contribution >= 0.6 is 0 Å². The topological polar surface area (TPSA) is 109 Å². The molecule has 21 heavy (non-hydrogen) atoms. The quantitative estimate of drug-likeness (QED) is 0.420. The standard InChI is InChI=1S/C13H13N5O3/c19-12(16-21)7-6-11-8-18(17-15-11)9-13(20)14-10-4-2-1-3-5-10/h1-8,21H,9H2,(H,14,20)(H,16,19)/b7-6+. The molecule has 0 spiro atoms. The highest BCUT2D eigenvalue weighted by molar-refractivity contribution is 5.91. The van der Waals surface area contributed by atoms with Gasteiger partial charge in [0.25, 0.3) is 5.91 Å². The van der Waals surface area contributed by atoms with Crippen molar-refractivity contribution in [3.8, 4) is 0 Å². The maximum Gasteiger partial charge on any atom is 0.267 e. The summed E-state index contributed by atoms with van der Waals surface area (Å²) in [7, 11) is 0. The zero-order valence-electron chi connectivity index (χ0n) is 10.9. The number of hydroxylamine groups is 1. The van der Waals surface area contributed by atoms with Crippen molar-refractivity contribution in [3.05, 3.63) is 48.3 Å². The first-order valence-electron chi connectivity index (χ1n) is 6.04. The van der Waals surface area contributed by atoms with E-state index in [4.69, 9.17) is 5.21 Å². The highest BCUT2D eigenvalue weighted by Gasteiger charge is 2.05. The van der Waals surface area contributed by atoms with Crippen LogP contribution in [-0.2, 0) is 16.1 Å². The van der Waals surface area contributed by atoms with E-state index in [1.165, 1.54) is 22.4 Å². The molecule has 0 radical (unpaired) electrons. The monoisotopic (exact) mass is 287 g/mol. The summed E-state index contributed by atoms with van der Waals surface area (Å²) in [5, 5.41) is 18.6. The summed E-state index contributed by atoms with van der Waals surface area (Å²) >= 11 is 0. The van der Waals surface area contributed by atoms with Crippen LogP contribution in [0.25, 0.3) is 6.08 Å². The van der Waals surface area contributed by atoms with Gasteiger partial charge >= 0.3 is 0 Å². The SMILES string of the molecule is O=C(/C=C/c1cn(CC(=O)Nc2ccccc2)nn1)NO. The van der Waals surface area contributed by atoms with E-state index in [1.807, 2.05) is 18.2 Å². The molecule has 3 N–H and O–H groups in total. The van der Waals surface area contributed by atoms with Crippen LogP contribution in [0.4, 0.5) is 5.69 Å². The number of aromatic nitrogens is 3. The minimum atomic E-state index is -0.675. The number of carbonyl (C=O) groups excluding carboxylic acids is 2. The van der Waals surface area contributed by atoms with Crippen molar-refractivity contribution in [2.45, 2.75) is 6.54 Å². The lowest BCUT2D eigenvalue weighted by atomic mass is 10.3. The molecular weight excluding hydrogens is 274 g/mol. The molecule has 2 amide bonds. The molecule has 0 saturated carbocycles. The lowest BCUT2D eigenvalue weighted by Crippen LogP contribution is -2.19. The maximum absolute atomic E-state index is 11.8. The third-order valence-corrected chi connectivity index (χ3v) is 2.44. The molecule has 2 rings (SSSR count). The zero-order valence-corrected chi connectivity index (χ0v) is 10.9. The third kappa shape index (κ3) is 4.55. The smallest absolute Gasteiger partial charge is 0.267 e. The molecule has 1 aromatic heterocycles. The Hall–Kier alpha value is -3.00. The van der Waals surface area contributed by atoms with Gasteiger partial charge in [0.2, 0.25) is 5.91 Å². The van der Waals surface area contributed by atoms with Crippen LogP contribution in [-0.4, -0.2) is 32.0 Å². The van der Waals surface area contributed by atoms with Crippen molar-refractivity contribution in [1.29, 1.82) is 0 Å². The molecule has 0 aliphatic rings. The van der Waals surface area contributed by atoms with Crippen molar-refractivity contribution in [2.75, 3.05) is 5.32 Å². The molecular formula is C13H13N5O3. The van der Waals surface area contributed by atoms with Gasteiger partial charge in [0.1, 0.15) is 12.2 Å². The Morgan fingerprint density at radius 3 is 2.76 bits per heavy atom. The van der Waals surface area contributed by atoms with E-state index in [0.29, 0.717) is 11.4 Å². The highest BCUT2D eigenvalue weighted by Crippen LogP contribution is 2.05. The van der Waals surface area contributed by atoms with Crippen LogP contribution in [0.2, 0.25) is 0 Å². The summed E-state index contributed by atoms with van der Waals surface area (Å²) in [4.78, 5) is 22.6. The summed E-state index contributed by atoms with van der Waals surface area (Å²) in [6, 6.07) is 9.05. The van der Waals surface area contributed by atoms with E-state index >= 15 is 0 Å². The largest absolute Gasteiger partial charge is 0.324 e. The Morgan fingerprint density at radius 1 is 1.29 bits per heavy atom. The highest BCUT2D eigenvalue weighted by atomic mass is 16.5. The number of nitrogens with zero attached hydrogens (tertiary/aromatic N) is 3. The number of amides is 2. The van der Waals surface area contributed by atoms with Gasteiger partial charge in [0.05, 0.1) is 6.20 Å². The van der Waals surface area contributed by atoms with E-state index < -0.39 is 5.91 Å². The van der Waals surface area contributed by atoms with Crippen molar-refractivity contribution in [3.63, 3.8) is 0 Å². The molecule has 0 unspecified atom stereocenters. The summed E-state index contributed by atoms with van der Waals surface area (Å²) < 4.78 is 1.34. The first kappa shape index (κ1) is 14.4. The Morgan fingerprint density at radius 2 is 2.05 bits per heavy atom. The van der Waals surface area contributed by atoms with Gasteiger partial charge in [-0.05, 0) is 18.2 Å². The molecule has 8 heteroatoms. The number of benzene rings is 1. The average molecular weight is 287 g/mol. The van der Waals surface area contributed by atoms with Crippen LogP contribution in [0.5, 0.6) is 0 Å². The van der Waals surface area contributed by atoms with Gasteiger partial charge in [-0.3, -0.25) is 14.8 Å². The zero-order chi connectivity index (χ0) is 15.1. The lowest BCUT2D eigenvalue weighted by molar-refractivity contribution is -0.124. The Kier molecular flexibility index (Phi) is 4.78. The van der Waals surface area contributed by atoms with Gasteiger partial charge in [-0.1, -0.05) is 23.4 Å². The van der Waals surface area contributed by atoms with E-state index in [2.05, 4.69) is 15.6 Å². The lowest BCUT2D eigenvalue weighted by Gasteiger charge is -2.03. The molecule has 2 aromatic rings. The predicted molar refractivity (Wildman–Crippen MR) is 74.1 cm³/mol. The van der Waals surface area contributed by atoms with Crippen molar-refractivity contribution < 1.29 is 14.8 Å². The number of rotatable bonds is 5. The molecule has 0 saturated heterocycles. The maximum atomic E-state index is 11.8. The number of para-hydroxylation sites is 1. The van der Waals surface area contributed by atoms with E-state index in [-0.39, 0.29) is 12.5 Å². The average Bonchev–Trinajstić information content (AvgIpc) is 2.93. The van der Waals surface area contributed by atoms with E-state index in [9.17, 15) is 9.59 Å². The summed E-state index contributed by atoms with van der Waals surface area (Å²) in [6.45, 7) is 0.00192. The number of hydrogen-bond donors (Lipinski definition) is 3. The van der Waals surface area contributed by atoms with Crippen molar-refractivity contribution in [2.24, 2.45) is 0 Å². The van der Waals surface area contributed by atoms with Crippen LogP contribution in [0.15, 0.2) is 42.6 Å². The summed E-state index contributed by atoms with van der Waals surface area (Å²) in [5.41, 5.74) is 2.55. The summed E-state index contributed by atoms with van der Waals surface area (Å²) in [6.07, 6.45) is 3.97. The second-order valence-electron chi connectivity index (χ2n) is 4.06. The number of nitrogens with one attached hydrogen (secondary N) is 2. The van der Waals surface area contributed by atoms with Crippen LogP contribution in [0.1, 0.15) is 5.69 Å². The second kappa shape index (κ2) is 6.96. The molecule has 0 aliphatic heterocycles. The van der Waals surface area contributed by atoms with Gasteiger partial charge in [0, 0.05) is 11.8 Å². The van der Waals surface area contributed by atoms with Gasteiger partial charge in [-0.2, -0.15) is 0 Å². The van der Waals surface area contributed by atoms with Gasteiger partial charge in [0.15, 0.2) is 0 Å². The molecule has 8 nitrogen and oxygen atoms in total. The molecule has 0 bridgehead atoms. The normalized spacial score (nSPS) is 10.5. The Labute approximate surface area is 120 Å². The number of hydrogen-bond acceptors (Lipinski definition) is 5. The van der Waals surface area contributed by atoms with Gasteiger partial charge < -0.3 is 5.32 Å². The minimum absolute atomic E-state index is 0.00192. The molecule has 0 atom stereocenters. The first-order valence-corrected chi connectivity index (χ1v) is 6.04. The van der Waals surface area contributed by atoms with Crippen molar-refractivity contribution in [1.82, 2.24) is 20.5 Å². The van der Waals surface area contributed by atoms with Crippen LogP contribution < -0.4 is 10.8 Å². The fourth-order valence-corrected chi connectivity index (χ4v) is 1.53. The van der Waals surface area contributed by atoms with Crippen LogP contribution in [0.3, 0.4) is 0 Å². The van der Waals surface area contributed by atoms with E-state index in [0.717, 1.165) is 6.08 Å². The number of anilines is 1. The molecule has 108 valence electrons. The Bertz CT molecular complexity index is 651.